The largest absolute Gasteiger partial charge is 0.344 e. The lowest BCUT2D eigenvalue weighted by atomic mass is 10.1. The number of hydrogen-bond acceptors (Lipinski definition) is 2. The van der Waals surface area contributed by atoms with Crippen molar-refractivity contribution < 1.29 is 9.59 Å². The van der Waals surface area contributed by atoms with Gasteiger partial charge in [0, 0.05) is 19.0 Å². The van der Waals surface area contributed by atoms with Crippen LogP contribution in [0.15, 0.2) is 25.3 Å². The van der Waals surface area contributed by atoms with E-state index in [9.17, 15) is 9.59 Å². The van der Waals surface area contributed by atoms with Gasteiger partial charge in [-0.25, -0.2) is 0 Å². The zero-order valence-electron chi connectivity index (χ0n) is 11.6. The molecule has 0 aromatic carbocycles. The van der Waals surface area contributed by atoms with Gasteiger partial charge in [0.15, 0.2) is 0 Å². The highest BCUT2D eigenvalue weighted by molar-refractivity contribution is 5.88. The van der Waals surface area contributed by atoms with Gasteiger partial charge in [0.05, 0.1) is 0 Å². The van der Waals surface area contributed by atoms with Crippen LogP contribution in [0.5, 0.6) is 0 Å². The highest BCUT2D eigenvalue weighted by Gasteiger charge is 2.22. The Morgan fingerprint density at radius 2 is 1.72 bits per heavy atom. The number of amides is 2. The summed E-state index contributed by atoms with van der Waals surface area (Å²) in [6.07, 6.45) is 4.07. The molecule has 102 valence electrons. The molecule has 0 aromatic rings. The summed E-state index contributed by atoms with van der Waals surface area (Å²) in [4.78, 5) is 25.4. The highest BCUT2D eigenvalue weighted by atomic mass is 16.2. The van der Waals surface area contributed by atoms with Gasteiger partial charge >= 0.3 is 0 Å². The van der Waals surface area contributed by atoms with Crippen molar-refractivity contribution in [1.29, 1.82) is 0 Å². The molecule has 1 N–H and O–H groups in total. The molecule has 0 rings (SSSR count). The van der Waals surface area contributed by atoms with Crippen LogP contribution in [0.4, 0.5) is 0 Å². The summed E-state index contributed by atoms with van der Waals surface area (Å²) < 4.78 is 0. The Kier molecular flexibility index (Phi) is 7.76. The molecule has 0 aliphatic rings. The Morgan fingerprint density at radius 3 is 2.11 bits per heavy atom. The van der Waals surface area contributed by atoms with E-state index in [0.717, 1.165) is 6.42 Å². The normalized spacial score (nSPS) is 13.3. The second-order valence-corrected chi connectivity index (χ2v) is 4.36. The quantitative estimate of drug-likeness (QED) is 0.669. The average Bonchev–Trinajstić information content (AvgIpc) is 2.36. The van der Waals surface area contributed by atoms with Crippen LogP contribution in [-0.4, -0.2) is 35.8 Å². The Morgan fingerprint density at radius 1 is 1.22 bits per heavy atom. The first-order chi connectivity index (χ1) is 8.47. The first-order valence-electron chi connectivity index (χ1n) is 6.28. The van der Waals surface area contributed by atoms with Crippen molar-refractivity contribution >= 4 is 11.8 Å². The Bertz CT molecular complexity index is 303. The molecule has 0 bridgehead atoms. The van der Waals surface area contributed by atoms with Crippen LogP contribution in [0.25, 0.3) is 0 Å². The van der Waals surface area contributed by atoms with E-state index in [1.54, 1.807) is 24.0 Å². The van der Waals surface area contributed by atoms with Crippen LogP contribution in [0.2, 0.25) is 0 Å². The van der Waals surface area contributed by atoms with E-state index in [2.05, 4.69) is 18.5 Å². The molecule has 0 saturated carbocycles. The monoisotopic (exact) mass is 252 g/mol. The van der Waals surface area contributed by atoms with Crippen LogP contribution >= 0.6 is 0 Å². The third kappa shape index (κ3) is 5.17. The maximum Gasteiger partial charge on any atom is 0.245 e. The molecule has 0 saturated heterocycles. The topological polar surface area (TPSA) is 49.4 Å². The molecule has 0 aliphatic carbocycles. The van der Waals surface area contributed by atoms with Crippen LogP contribution in [0.1, 0.15) is 27.2 Å². The fourth-order valence-corrected chi connectivity index (χ4v) is 1.44. The van der Waals surface area contributed by atoms with E-state index in [0.29, 0.717) is 13.1 Å². The summed E-state index contributed by atoms with van der Waals surface area (Å²) in [6, 6.07) is -0.522. The second kappa shape index (κ2) is 8.50. The number of carbonyl (C=O) groups excluding carboxylic acids is 2. The van der Waals surface area contributed by atoms with Gasteiger partial charge in [-0.15, -0.1) is 13.2 Å². The molecule has 0 radical (unpaired) electrons. The van der Waals surface area contributed by atoms with E-state index in [-0.39, 0.29) is 17.7 Å². The number of nitrogens with zero attached hydrogens (tertiary/aromatic N) is 1. The van der Waals surface area contributed by atoms with Gasteiger partial charge in [0.1, 0.15) is 6.04 Å². The third-order valence-electron chi connectivity index (χ3n) is 2.80. The summed E-state index contributed by atoms with van der Waals surface area (Å²) in [5.74, 6) is -0.283. The van der Waals surface area contributed by atoms with E-state index in [4.69, 9.17) is 0 Å². The van der Waals surface area contributed by atoms with Crippen molar-refractivity contribution in [3.8, 4) is 0 Å². The molecule has 2 unspecified atom stereocenters. The zero-order chi connectivity index (χ0) is 14.1. The number of nitrogens with one attached hydrogen (secondary N) is 1. The molecule has 4 nitrogen and oxygen atoms in total. The van der Waals surface area contributed by atoms with Gasteiger partial charge in [-0.3, -0.25) is 9.59 Å². The standard InChI is InChI=1S/C14H24N2O2/c1-6-9-16(10-7-2)14(18)12(5)15-13(17)11(4)8-3/h6-7,11-12H,1-2,8-10H2,3-5H3,(H,15,17). The van der Waals surface area contributed by atoms with Gasteiger partial charge in [0.2, 0.25) is 11.8 Å². The van der Waals surface area contributed by atoms with Crippen molar-refractivity contribution in [3.05, 3.63) is 25.3 Å². The van der Waals surface area contributed by atoms with Gasteiger partial charge in [0.25, 0.3) is 0 Å². The van der Waals surface area contributed by atoms with E-state index in [1.165, 1.54) is 0 Å². The maximum atomic E-state index is 12.1. The lowest BCUT2D eigenvalue weighted by Gasteiger charge is -2.24. The van der Waals surface area contributed by atoms with Gasteiger partial charge in [-0.1, -0.05) is 26.0 Å². The van der Waals surface area contributed by atoms with Gasteiger partial charge < -0.3 is 10.2 Å². The van der Waals surface area contributed by atoms with Crippen LogP contribution in [0, 0.1) is 5.92 Å². The lowest BCUT2D eigenvalue weighted by molar-refractivity contribution is -0.136. The highest BCUT2D eigenvalue weighted by Crippen LogP contribution is 2.02. The molecular formula is C14H24N2O2. The Labute approximate surface area is 110 Å². The minimum absolute atomic E-state index is 0.0764. The van der Waals surface area contributed by atoms with E-state index < -0.39 is 6.04 Å². The summed E-state index contributed by atoms with van der Waals surface area (Å²) in [5.41, 5.74) is 0. The molecule has 0 heterocycles. The van der Waals surface area contributed by atoms with Crippen LogP contribution in [0.3, 0.4) is 0 Å². The van der Waals surface area contributed by atoms with Crippen molar-refractivity contribution in [3.63, 3.8) is 0 Å². The van der Waals surface area contributed by atoms with Crippen molar-refractivity contribution in [2.75, 3.05) is 13.1 Å². The summed E-state index contributed by atoms with van der Waals surface area (Å²) in [7, 11) is 0. The zero-order valence-corrected chi connectivity index (χ0v) is 11.6. The molecule has 0 aliphatic heterocycles. The van der Waals surface area contributed by atoms with Gasteiger partial charge in [-0.2, -0.15) is 0 Å². The summed E-state index contributed by atoms with van der Waals surface area (Å²) >= 11 is 0. The fourth-order valence-electron chi connectivity index (χ4n) is 1.44. The first-order valence-corrected chi connectivity index (χ1v) is 6.28. The van der Waals surface area contributed by atoms with Crippen molar-refractivity contribution in [2.24, 2.45) is 5.92 Å². The second-order valence-electron chi connectivity index (χ2n) is 4.36. The predicted molar refractivity (Wildman–Crippen MR) is 74.0 cm³/mol. The van der Waals surface area contributed by atoms with Crippen LogP contribution in [-0.2, 0) is 9.59 Å². The smallest absolute Gasteiger partial charge is 0.245 e. The minimum Gasteiger partial charge on any atom is -0.344 e. The Balaban J connectivity index is 4.50. The number of carbonyl (C=O) groups is 2. The third-order valence-corrected chi connectivity index (χ3v) is 2.80. The molecule has 0 fully saturated rings. The molecule has 18 heavy (non-hydrogen) atoms. The SMILES string of the molecule is C=CCN(CC=C)C(=O)C(C)NC(=O)C(C)CC. The van der Waals surface area contributed by atoms with Crippen molar-refractivity contribution in [2.45, 2.75) is 33.2 Å². The molecule has 2 amide bonds. The lowest BCUT2D eigenvalue weighted by Crippen LogP contribution is -2.48. The molecule has 4 heteroatoms. The van der Waals surface area contributed by atoms with E-state index >= 15 is 0 Å². The number of rotatable bonds is 8. The fraction of sp³-hybridized carbons (Fsp3) is 0.571. The van der Waals surface area contributed by atoms with Gasteiger partial charge in [-0.05, 0) is 13.3 Å². The molecule has 2 atom stereocenters. The number of hydrogen-bond donors (Lipinski definition) is 1. The first kappa shape index (κ1) is 16.4. The van der Waals surface area contributed by atoms with Crippen molar-refractivity contribution in [1.82, 2.24) is 10.2 Å². The summed E-state index contributed by atoms with van der Waals surface area (Å²) in [5, 5.41) is 2.73. The predicted octanol–water partition coefficient (Wildman–Crippen LogP) is 1.74. The average molecular weight is 252 g/mol. The van der Waals surface area contributed by atoms with Crippen LogP contribution < -0.4 is 5.32 Å². The van der Waals surface area contributed by atoms with E-state index in [1.807, 2.05) is 13.8 Å². The molecular weight excluding hydrogens is 228 g/mol. The maximum absolute atomic E-state index is 12.1. The minimum atomic E-state index is -0.522. The molecule has 0 spiro atoms. The Hall–Kier alpha value is -1.58. The summed E-state index contributed by atoms with van der Waals surface area (Å²) in [6.45, 7) is 13.6. The molecule has 0 aromatic heterocycles.